The van der Waals surface area contributed by atoms with Crippen LogP contribution < -0.4 is 15.0 Å². The van der Waals surface area contributed by atoms with Gasteiger partial charge in [-0.2, -0.15) is 0 Å². The lowest BCUT2D eigenvalue weighted by Crippen LogP contribution is -2.04. The average molecular weight is 189 g/mol. The third-order valence-corrected chi connectivity index (χ3v) is 2.29. The quantitative estimate of drug-likeness (QED) is 0.678. The van der Waals surface area contributed by atoms with Gasteiger partial charge in [-0.05, 0) is 18.2 Å². The Morgan fingerprint density at radius 3 is 3.00 bits per heavy atom. The van der Waals surface area contributed by atoms with E-state index >= 15 is 0 Å². The monoisotopic (exact) mass is 189 g/mol. The van der Waals surface area contributed by atoms with E-state index in [2.05, 4.69) is 4.98 Å². The number of aromatic nitrogens is 1. The molecule has 1 aliphatic heterocycles. The fraction of sp³-hybridized carbons (Fsp3) is 0.100. The van der Waals surface area contributed by atoms with Gasteiger partial charge in [0, 0.05) is 11.6 Å². The van der Waals surface area contributed by atoms with Crippen LogP contribution >= 0.6 is 0 Å². The summed E-state index contributed by atoms with van der Waals surface area (Å²) in [6.45, 7) is 0.223. The summed E-state index contributed by atoms with van der Waals surface area (Å²) in [7, 11) is 0. The Morgan fingerprint density at radius 2 is 2.07 bits per heavy atom. The van der Waals surface area contributed by atoms with Crippen molar-refractivity contribution in [2.24, 2.45) is 0 Å². The number of hydrogen-bond acceptors (Lipinski definition) is 3. The van der Waals surface area contributed by atoms with E-state index in [1.54, 1.807) is 18.3 Å². The second-order valence-electron chi connectivity index (χ2n) is 3.07. The number of pyridine rings is 1. The first-order valence-corrected chi connectivity index (χ1v) is 4.26. The maximum absolute atomic E-state index is 11.4. The molecule has 0 unspecified atom stereocenters. The Bertz CT molecular complexity index is 559. The van der Waals surface area contributed by atoms with Crippen LogP contribution in [0.1, 0.15) is 0 Å². The zero-order chi connectivity index (χ0) is 9.54. The Labute approximate surface area is 79.1 Å². The first-order chi connectivity index (χ1) is 6.86. The van der Waals surface area contributed by atoms with Gasteiger partial charge < -0.3 is 14.5 Å². The van der Waals surface area contributed by atoms with Crippen LogP contribution in [0.15, 0.2) is 29.2 Å². The predicted molar refractivity (Wildman–Crippen MR) is 50.7 cm³/mol. The van der Waals surface area contributed by atoms with Gasteiger partial charge in [0.15, 0.2) is 11.5 Å². The highest BCUT2D eigenvalue weighted by Crippen LogP contribution is 2.37. The van der Waals surface area contributed by atoms with Crippen molar-refractivity contribution in [1.29, 1.82) is 0 Å². The second kappa shape index (κ2) is 2.51. The molecule has 1 N–H and O–H groups in total. The SMILES string of the molecule is O=c1[nH]ccc2c3c(ccc12)OCO3. The number of rotatable bonds is 0. The van der Waals surface area contributed by atoms with Gasteiger partial charge in [-0.3, -0.25) is 4.79 Å². The smallest absolute Gasteiger partial charge is 0.255 e. The van der Waals surface area contributed by atoms with E-state index in [0.29, 0.717) is 16.9 Å². The number of fused-ring (bicyclic) bond motifs is 3. The van der Waals surface area contributed by atoms with Gasteiger partial charge in [-0.15, -0.1) is 0 Å². The van der Waals surface area contributed by atoms with E-state index in [1.807, 2.05) is 6.07 Å². The van der Waals surface area contributed by atoms with Crippen LogP contribution in [0.4, 0.5) is 0 Å². The van der Waals surface area contributed by atoms with Crippen molar-refractivity contribution in [3.05, 3.63) is 34.7 Å². The maximum atomic E-state index is 11.4. The summed E-state index contributed by atoms with van der Waals surface area (Å²) < 4.78 is 10.5. The van der Waals surface area contributed by atoms with E-state index in [4.69, 9.17) is 9.47 Å². The topological polar surface area (TPSA) is 51.3 Å². The second-order valence-corrected chi connectivity index (χ2v) is 3.07. The van der Waals surface area contributed by atoms with Gasteiger partial charge in [0.05, 0.1) is 5.39 Å². The first-order valence-electron chi connectivity index (χ1n) is 4.26. The van der Waals surface area contributed by atoms with Crippen molar-refractivity contribution in [3.63, 3.8) is 0 Å². The van der Waals surface area contributed by atoms with Gasteiger partial charge in [0.1, 0.15) is 0 Å². The zero-order valence-corrected chi connectivity index (χ0v) is 7.24. The molecule has 0 radical (unpaired) electrons. The fourth-order valence-corrected chi connectivity index (χ4v) is 1.64. The molecular weight excluding hydrogens is 182 g/mol. The van der Waals surface area contributed by atoms with Crippen LogP contribution in [0, 0.1) is 0 Å². The molecule has 0 spiro atoms. The highest BCUT2D eigenvalue weighted by Gasteiger charge is 2.16. The molecule has 70 valence electrons. The molecule has 0 amide bonds. The number of benzene rings is 1. The lowest BCUT2D eigenvalue weighted by atomic mass is 10.1. The van der Waals surface area contributed by atoms with E-state index < -0.39 is 0 Å². The molecule has 1 aromatic carbocycles. The molecule has 3 rings (SSSR count). The highest BCUT2D eigenvalue weighted by molar-refractivity contribution is 5.90. The standard InChI is InChI=1S/C10H7NO3/c12-10-7-1-2-8-9(14-5-13-8)6(7)3-4-11-10/h1-4H,5H2,(H,11,12). The molecular formula is C10H7NO3. The number of H-pyrrole nitrogens is 1. The van der Waals surface area contributed by atoms with Crippen LogP contribution in [-0.4, -0.2) is 11.8 Å². The maximum Gasteiger partial charge on any atom is 0.255 e. The average Bonchev–Trinajstić information content (AvgIpc) is 2.66. The van der Waals surface area contributed by atoms with E-state index in [9.17, 15) is 4.79 Å². The lowest BCUT2D eigenvalue weighted by Gasteiger charge is -2.00. The summed E-state index contributed by atoms with van der Waals surface area (Å²) in [6.07, 6.45) is 1.60. The van der Waals surface area contributed by atoms with Crippen molar-refractivity contribution in [1.82, 2.24) is 4.98 Å². The minimum Gasteiger partial charge on any atom is -0.454 e. The van der Waals surface area contributed by atoms with Crippen LogP contribution in [-0.2, 0) is 0 Å². The molecule has 14 heavy (non-hydrogen) atoms. The summed E-state index contributed by atoms with van der Waals surface area (Å²) >= 11 is 0. The van der Waals surface area contributed by atoms with Gasteiger partial charge in [0.2, 0.25) is 6.79 Å². The van der Waals surface area contributed by atoms with Crippen LogP contribution in [0.5, 0.6) is 11.5 Å². The molecule has 1 aliphatic rings. The van der Waals surface area contributed by atoms with Gasteiger partial charge in [0.25, 0.3) is 5.56 Å². The summed E-state index contributed by atoms with van der Waals surface area (Å²) in [5.74, 6) is 1.36. The molecule has 4 nitrogen and oxygen atoms in total. The number of nitrogens with one attached hydrogen (secondary N) is 1. The number of aromatic amines is 1. The van der Waals surface area contributed by atoms with E-state index in [0.717, 1.165) is 5.39 Å². The largest absolute Gasteiger partial charge is 0.454 e. The molecule has 0 saturated carbocycles. The molecule has 0 saturated heterocycles. The van der Waals surface area contributed by atoms with E-state index in [-0.39, 0.29) is 12.4 Å². The summed E-state index contributed by atoms with van der Waals surface area (Å²) in [6, 6.07) is 5.30. The lowest BCUT2D eigenvalue weighted by molar-refractivity contribution is 0.175. The van der Waals surface area contributed by atoms with Gasteiger partial charge in [-0.25, -0.2) is 0 Å². The van der Waals surface area contributed by atoms with Crippen molar-refractivity contribution < 1.29 is 9.47 Å². The Kier molecular flexibility index (Phi) is 1.33. The Balaban J connectivity index is 2.50. The highest BCUT2D eigenvalue weighted by atomic mass is 16.7. The molecule has 0 atom stereocenters. The predicted octanol–water partition coefficient (Wildman–Crippen LogP) is 1.26. The Hall–Kier alpha value is -1.97. The summed E-state index contributed by atoms with van der Waals surface area (Å²) in [4.78, 5) is 14.0. The van der Waals surface area contributed by atoms with Crippen molar-refractivity contribution in [3.8, 4) is 11.5 Å². The van der Waals surface area contributed by atoms with E-state index in [1.165, 1.54) is 0 Å². The molecule has 0 bridgehead atoms. The number of ether oxygens (including phenoxy) is 2. The van der Waals surface area contributed by atoms with Gasteiger partial charge >= 0.3 is 0 Å². The minimum atomic E-state index is -0.110. The third kappa shape index (κ3) is 0.849. The normalized spacial score (nSPS) is 13.4. The molecule has 0 aliphatic carbocycles. The van der Waals surface area contributed by atoms with Crippen LogP contribution in [0.25, 0.3) is 10.8 Å². The molecule has 2 heterocycles. The van der Waals surface area contributed by atoms with Crippen molar-refractivity contribution in [2.75, 3.05) is 6.79 Å². The Morgan fingerprint density at radius 1 is 1.14 bits per heavy atom. The molecule has 4 heteroatoms. The fourth-order valence-electron chi connectivity index (χ4n) is 1.64. The molecule has 0 fully saturated rings. The number of hydrogen-bond donors (Lipinski definition) is 1. The van der Waals surface area contributed by atoms with Crippen molar-refractivity contribution in [2.45, 2.75) is 0 Å². The molecule has 2 aromatic rings. The summed E-state index contributed by atoms with van der Waals surface area (Å²) in [5.41, 5.74) is -0.110. The van der Waals surface area contributed by atoms with Crippen molar-refractivity contribution >= 4 is 10.8 Å². The van der Waals surface area contributed by atoms with Gasteiger partial charge in [-0.1, -0.05) is 0 Å². The molecule has 1 aromatic heterocycles. The van der Waals surface area contributed by atoms with Crippen LogP contribution in [0.2, 0.25) is 0 Å². The minimum absolute atomic E-state index is 0.110. The van der Waals surface area contributed by atoms with Crippen LogP contribution in [0.3, 0.4) is 0 Å². The summed E-state index contributed by atoms with van der Waals surface area (Å²) in [5, 5.41) is 1.42. The zero-order valence-electron chi connectivity index (χ0n) is 7.24. The third-order valence-electron chi connectivity index (χ3n) is 2.29. The first kappa shape index (κ1) is 7.44.